The highest BCUT2D eigenvalue weighted by atomic mass is 32.2. The second-order valence-corrected chi connectivity index (χ2v) is 11.4. The van der Waals surface area contributed by atoms with E-state index in [-0.39, 0.29) is 30.8 Å². The number of rotatable bonds is 7. The van der Waals surface area contributed by atoms with Crippen LogP contribution in [0, 0.1) is 0 Å². The highest BCUT2D eigenvalue weighted by Crippen LogP contribution is 2.33. The van der Waals surface area contributed by atoms with E-state index in [0.29, 0.717) is 6.42 Å². The molecule has 2 amide bonds. The number of sulfonamides is 1. The number of fused-ring (bicyclic) bond motifs is 2. The van der Waals surface area contributed by atoms with Crippen LogP contribution in [0.15, 0.2) is 60.9 Å². The number of likely N-dealkylation sites (tertiary alicyclic amines) is 1. The molecular formula is C27H27N5O7S. The fraction of sp³-hybridized carbons (Fsp3) is 0.333. The van der Waals surface area contributed by atoms with Gasteiger partial charge < -0.3 is 15.0 Å². The monoisotopic (exact) mass is 565 g/mol. The number of nitrogens with zero attached hydrogens (tertiary/aromatic N) is 4. The van der Waals surface area contributed by atoms with Crippen molar-refractivity contribution in [3.05, 3.63) is 66.6 Å². The van der Waals surface area contributed by atoms with Crippen LogP contribution in [0.25, 0.3) is 10.9 Å². The van der Waals surface area contributed by atoms with E-state index in [1.165, 1.54) is 23.2 Å². The lowest BCUT2D eigenvalue weighted by Crippen LogP contribution is -2.53. The van der Waals surface area contributed by atoms with Crippen LogP contribution in [0.1, 0.15) is 36.7 Å². The molecular weight excluding hydrogens is 538 g/mol. The summed E-state index contributed by atoms with van der Waals surface area (Å²) in [5.41, 5.74) is 0.481. The van der Waals surface area contributed by atoms with Crippen LogP contribution < -0.4 is 10.1 Å². The van der Waals surface area contributed by atoms with E-state index in [1.54, 1.807) is 36.5 Å². The van der Waals surface area contributed by atoms with Gasteiger partial charge in [0.1, 0.15) is 23.5 Å². The predicted octanol–water partition coefficient (Wildman–Crippen LogP) is 1.91. The normalized spacial score (nSPS) is 19.8. The summed E-state index contributed by atoms with van der Waals surface area (Å²) in [7, 11) is -4.55. The molecule has 0 spiro atoms. The van der Waals surface area contributed by atoms with Gasteiger partial charge in [-0.3, -0.25) is 24.4 Å². The van der Waals surface area contributed by atoms with E-state index in [9.17, 15) is 27.6 Å². The first-order chi connectivity index (χ1) is 19.2. The second-order valence-electron chi connectivity index (χ2n) is 9.58. The molecule has 2 fully saturated rings. The van der Waals surface area contributed by atoms with Crippen molar-refractivity contribution in [2.75, 3.05) is 13.1 Å². The molecule has 208 valence electrons. The van der Waals surface area contributed by atoms with Gasteiger partial charge in [0.2, 0.25) is 5.91 Å². The molecule has 0 saturated carbocycles. The minimum absolute atomic E-state index is 0.0956. The average Bonchev–Trinajstić information content (AvgIpc) is 3.54. The SMILES string of the molecule is CCCC(NC(=O)Oc1ccc2ncccc2c1)C(=O)N1CCC2C1C(=O)CN2S(=O)(=O)C(=O)c1ccccn1. The Balaban J connectivity index is 1.29. The summed E-state index contributed by atoms with van der Waals surface area (Å²) in [6.45, 7) is 1.41. The molecule has 40 heavy (non-hydrogen) atoms. The number of ether oxygens (including phenoxy) is 1. The van der Waals surface area contributed by atoms with Crippen LogP contribution in [0.4, 0.5) is 4.79 Å². The number of ketones is 1. The number of Topliss-reactive ketones (excluding diaryl/α,β-unsaturated/α-hetero) is 1. The maximum absolute atomic E-state index is 13.5. The van der Waals surface area contributed by atoms with Gasteiger partial charge in [-0.15, -0.1) is 0 Å². The van der Waals surface area contributed by atoms with E-state index in [2.05, 4.69) is 15.3 Å². The molecule has 2 aliphatic heterocycles. The van der Waals surface area contributed by atoms with Crippen molar-refractivity contribution in [1.29, 1.82) is 0 Å². The molecule has 1 aromatic carbocycles. The second kappa shape index (κ2) is 11.1. The highest BCUT2D eigenvalue weighted by Gasteiger charge is 2.55. The molecule has 1 N–H and O–H groups in total. The van der Waals surface area contributed by atoms with E-state index in [1.807, 2.05) is 13.0 Å². The Morgan fingerprint density at radius 2 is 1.90 bits per heavy atom. The van der Waals surface area contributed by atoms with Gasteiger partial charge in [-0.2, -0.15) is 4.31 Å². The van der Waals surface area contributed by atoms with Crippen LogP contribution in [-0.2, 0) is 19.6 Å². The topological polar surface area (TPSA) is 156 Å². The Bertz CT molecular complexity index is 1580. The molecule has 12 nitrogen and oxygen atoms in total. The Morgan fingerprint density at radius 1 is 1.10 bits per heavy atom. The fourth-order valence-corrected chi connectivity index (χ4v) is 6.68. The summed E-state index contributed by atoms with van der Waals surface area (Å²) in [5.74, 6) is -0.736. The maximum atomic E-state index is 13.5. The molecule has 2 aliphatic rings. The third-order valence-corrected chi connectivity index (χ3v) is 8.73. The molecule has 0 bridgehead atoms. The number of hydrogen-bond acceptors (Lipinski definition) is 9. The standard InChI is InChI=1S/C27H27N5O7S/c1-2-6-20(30-27(36)39-18-9-10-19-17(15-18)7-5-13-28-19)25(34)31-14-11-22-24(31)23(33)16-32(22)40(37,38)26(35)21-8-3-4-12-29-21/h3-5,7-10,12-13,15,20,22,24H,2,6,11,14,16H2,1H3,(H,30,36). The number of aromatic nitrogens is 2. The van der Waals surface area contributed by atoms with E-state index in [4.69, 9.17) is 4.74 Å². The molecule has 0 aliphatic carbocycles. The largest absolute Gasteiger partial charge is 0.413 e. The highest BCUT2D eigenvalue weighted by molar-refractivity contribution is 8.04. The molecule has 2 saturated heterocycles. The van der Waals surface area contributed by atoms with Crippen molar-refractivity contribution in [2.45, 2.75) is 44.3 Å². The number of carbonyl (C=O) groups is 4. The minimum Gasteiger partial charge on any atom is -0.410 e. The summed E-state index contributed by atoms with van der Waals surface area (Å²) in [6, 6.07) is 9.95. The van der Waals surface area contributed by atoms with Gasteiger partial charge in [0.15, 0.2) is 5.78 Å². The summed E-state index contributed by atoms with van der Waals surface area (Å²) < 4.78 is 32.6. The average molecular weight is 566 g/mol. The zero-order valence-electron chi connectivity index (χ0n) is 21.6. The first kappa shape index (κ1) is 27.3. The smallest absolute Gasteiger partial charge is 0.410 e. The maximum Gasteiger partial charge on any atom is 0.413 e. The molecule has 3 unspecified atom stereocenters. The third-order valence-electron chi connectivity index (χ3n) is 7.03. The molecule has 4 heterocycles. The Morgan fingerprint density at radius 3 is 2.65 bits per heavy atom. The molecule has 5 rings (SSSR count). The van der Waals surface area contributed by atoms with Crippen LogP contribution in [0.3, 0.4) is 0 Å². The van der Waals surface area contributed by atoms with Gasteiger partial charge >= 0.3 is 11.2 Å². The van der Waals surface area contributed by atoms with Crippen molar-refractivity contribution >= 4 is 43.8 Å². The number of hydrogen-bond donors (Lipinski definition) is 1. The Labute approximate surface area is 230 Å². The Hall–Kier alpha value is -4.23. The molecule has 3 aromatic rings. The third kappa shape index (κ3) is 5.17. The first-order valence-corrected chi connectivity index (χ1v) is 14.3. The number of amides is 2. The number of nitrogens with one attached hydrogen (secondary N) is 1. The van der Waals surface area contributed by atoms with Crippen molar-refractivity contribution in [3.63, 3.8) is 0 Å². The summed E-state index contributed by atoms with van der Waals surface area (Å²) >= 11 is 0. The number of pyridine rings is 2. The zero-order chi connectivity index (χ0) is 28.4. The fourth-order valence-electron chi connectivity index (χ4n) is 5.21. The lowest BCUT2D eigenvalue weighted by Gasteiger charge is -2.28. The van der Waals surface area contributed by atoms with E-state index >= 15 is 0 Å². The van der Waals surface area contributed by atoms with Crippen molar-refractivity contribution < 1.29 is 32.3 Å². The first-order valence-electron chi connectivity index (χ1n) is 12.8. The zero-order valence-corrected chi connectivity index (χ0v) is 22.4. The number of carbonyl (C=O) groups excluding carboxylic acids is 4. The lowest BCUT2D eigenvalue weighted by atomic mass is 10.1. The van der Waals surface area contributed by atoms with Crippen molar-refractivity contribution in [3.8, 4) is 5.75 Å². The van der Waals surface area contributed by atoms with Crippen LogP contribution >= 0.6 is 0 Å². The van der Waals surface area contributed by atoms with Crippen LogP contribution in [0.5, 0.6) is 5.75 Å². The predicted molar refractivity (Wildman–Crippen MR) is 143 cm³/mol. The quantitative estimate of drug-likeness (QED) is 0.452. The van der Waals surface area contributed by atoms with Gasteiger partial charge in [0, 0.05) is 24.3 Å². The number of benzene rings is 1. The molecule has 3 atom stereocenters. The van der Waals surface area contributed by atoms with Gasteiger partial charge in [0.25, 0.3) is 10.0 Å². The molecule has 13 heteroatoms. The van der Waals surface area contributed by atoms with Crippen LogP contribution in [0.2, 0.25) is 0 Å². The van der Waals surface area contributed by atoms with Gasteiger partial charge in [-0.05, 0) is 49.2 Å². The van der Waals surface area contributed by atoms with Crippen molar-refractivity contribution in [1.82, 2.24) is 24.5 Å². The van der Waals surface area contributed by atoms with Gasteiger partial charge in [-0.25, -0.2) is 13.2 Å². The van der Waals surface area contributed by atoms with E-state index < -0.39 is 57.6 Å². The summed E-state index contributed by atoms with van der Waals surface area (Å²) in [5, 5.41) is 2.16. The van der Waals surface area contributed by atoms with Crippen LogP contribution in [-0.4, -0.2) is 81.7 Å². The van der Waals surface area contributed by atoms with Gasteiger partial charge in [-0.1, -0.05) is 25.5 Å². The minimum atomic E-state index is -4.55. The van der Waals surface area contributed by atoms with Crippen molar-refractivity contribution in [2.24, 2.45) is 0 Å². The summed E-state index contributed by atoms with van der Waals surface area (Å²) in [6.07, 6.45) is 3.12. The lowest BCUT2D eigenvalue weighted by molar-refractivity contribution is -0.138. The summed E-state index contributed by atoms with van der Waals surface area (Å²) in [4.78, 5) is 61.4. The molecule has 0 radical (unpaired) electrons. The van der Waals surface area contributed by atoms with E-state index in [0.717, 1.165) is 15.2 Å². The Kier molecular flexibility index (Phi) is 7.59. The van der Waals surface area contributed by atoms with Gasteiger partial charge in [0.05, 0.1) is 18.1 Å². The molecule has 2 aromatic heterocycles.